The molecule has 0 saturated carbocycles. The SMILES string of the molecule is COc1cc([N+](=O)[O-])cc(/C=N\O)c1O. The van der Waals surface area contributed by atoms with Crippen molar-refractivity contribution in [1.29, 1.82) is 0 Å². The van der Waals surface area contributed by atoms with Gasteiger partial charge in [0.2, 0.25) is 0 Å². The van der Waals surface area contributed by atoms with E-state index in [9.17, 15) is 15.2 Å². The molecular formula is C8H8N2O5. The number of non-ortho nitro benzene ring substituents is 1. The Bertz CT molecular complexity index is 416. The Labute approximate surface area is 84.4 Å². The first kappa shape index (κ1) is 10.8. The lowest BCUT2D eigenvalue weighted by Crippen LogP contribution is -1.94. The summed E-state index contributed by atoms with van der Waals surface area (Å²) in [6.07, 6.45) is 0.880. The van der Waals surface area contributed by atoms with E-state index in [0.29, 0.717) is 0 Å². The maximum absolute atomic E-state index is 10.5. The molecule has 0 bridgehead atoms. The number of benzene rings is 1. The largest absolute Gasteiger partial charge is 0.504 e. The van der Waals surface area contributed by atoms with E-state index in [4.69, 9.17) is 9.94 Å². The molecule has 80 valence electrons. The molecule has 0 saturated heterocycles. The van der Waals surface area contributed by atoms with Crippen molar-refractivity contribution in [1.82, 2.24) is 0 Å². The third-order valence-electron chi connectivity index (χ3n) is 1.72. The first-order valence-electron chi connectivity index (χ1n) is 3.83. The Morgan fingerprint density at radius 3 is 2.73 bits per heavy atom. The predicted molar refractivity (Wildman–Crippen MR) is 50.7 cm³/mol. The minimum absolute atomic E-state index is 0.00329. The van der Waals surface area contributed by atoms with Crippen LogP contribution in [0.15, 0.2) is 17.3 Å². The molecule has 0 atom stereocenters. The predicted octanol–water partition coefficient (Wildman–Crippen LogP) is 1.12. The van der Waals surface area contributed by atoms with E-state index in [0.717, 1.165) is 18.3 Å². The number of phenols is 1. The molecule has 0 aliphatic carbocycles. The summed E-state index contributed by atoms with van der Waals surface area (Å²) >= 11 is 0. The fraction of sp³-hybridized carbons (Fsp3) is 0.125. The highest BCUT2D eigenvalue weighted by Gasteiger charge is 2.15. The number of hydrogen-bond acceptors (Lipinski definition) is 6. The molecule has 0 aromatic heterocycles. The molecule has 2 N–H and O–H groups in total. The van der Waals surface area contributed by atoms with Crippen molar-refractivity contribution in [3.63, 3.8) is 0 Å². The van der Waals surface area contributed by atoms with Gasteiger partial charge in [-0.05, 0) is 0 Å². The number of nitro benzene ring substituents is 1. The highest BCUT2D eigenvalue weighted by atomic mass is 16.6. The number of ether oxygens (including phenoxy) is 1. The second-order valence-corrected chi connectivity index (χ2v) is 2.59. The second-order valence-electron chi connectivity index (χ2n) is 2.59. The van der Waals surface area contributed by atoms with Crippen LogP contribution < -0.4 is 4.74 Å². The Morgan fingerprint density at radius 1 is 1.60 bits per heavy atom. The number of oxime groups is 1. The van der Waals surface area contributed by atoms with E-state index < -0.39 is 4.92 Å². The van der Waals surface area contributed by atoms with Gasteiger partial charge in [-0.15, -0.1) is 0 Å². The van der Waals surface area contributed by atoms with Gasteiger partial charge in [0.05, 0.1) is 24.3 Å². The number of methoxy groups -OCH3 is 1. The van der Waals surface area contributed by atoms with Gasteiger partial charge in [0, 0.05) is 11.6 Å². The quantitative estimate of drug-likeness (QED) is 0.338. The summed E-state index contributed by atoms with van der Waals surface area (Å²) in [5.74, 6) is -0.375. The number of phenolic OH excluding ortho intramolecular Hbond substituents is 1. The topological polar surface area (TPSA) is 105 Å². The fourth-order valence-corrected chi connectivity index (χ4v) is 1.04. The number of aromatic hydroxyl groups is 1. The van der Waals surface area contributed by atoms with Gasteiger partial charge in [0.15, 0.2) is 11.5 Å². The van der Waals surface area contributed by atoms with Gasteiger partial charge < -0.3 is 15.1 Å². The van der Waals surface area contributed by atoms with E-state index in [-0.39, 0.29) is 22.7 Å². The lowest BCUT2D eigenvalue weighted by Gasteiger charge is -2.05. The van der Waals surface area contributed by atoms with E-state index in [2.05, 4.69) is 5.16 Å². The standard InChI is InChI=1S/C8H8N2O5/c1-15-7-3-6(10(13)14)2-5(4-9-12)8(7)11/h2-4,11-12H,1H3/b9-4-. The van der Waals surface area contributed by atoms with Gasteiger partial charge in [0.25, 0.3) is 5.69 Å². The summed E-state index contributed by atoms with van der Waals surface area (Å²) in [5, 5.41) is 30.9. The zero-order chi connectivity index (χ0) is 11.4. The van der Waals surface area contributed by atoms with E-state index in [1.165, 1.54) is 7.11 Å². The lowest BCUT2D eigenvalue weighted by atomic mass is 10.2. The Hall–Kier alpha value is -2.31. The Kier molecular flexibility index (Phi) is 3.06. The van der Waals surface area contributed by atoms with Gasteiger partial charge in [-0.2, -0.15) is 0 Å². The maximum atomic E-state index is 10.5. The summed E-state index contributed by atoms with van der Waals surface area (Å²) < 4.78 is 4.73. The van der Waals surface area contributed by atoms with Crippen LogP contribution in [0.2, 0.25) is 0 Å². The molecule has 0 aliphatic heterocycles. The van der Waals surface area contributed by atoms with Crippen LogP contribution in [0.1, 0.15) is 5.56 Å². The molecule has 0 amide bonds. The smallest absolute Gasteiger partial charge is 0.274 e. The third kappa shape index (κ3) is 2.13. The first-order valence-corrected chi connectivity index (χ1v) is 3.83. The zero-order valence-electron chi connectivity index (χ0n) is 7.75. The maximum Gasteiger partial charge on any atom is 0.274 e. The van der Waals surface area contributed by atoms with Crippen LogP contribution in [0.4, 0.5) is 5.69 Å². The number of nitrogens with zero attached hydrogens (tertiary/aromatic N) is 2. The van der Waals surface area contributed by atoms with Crippen molar-refractivity contribution in [2.75, 3.05) is 7.11 Å². The van der Waals surface area contributed by atoms with Crippen molar-refractivity contribution < 1.29 is 20.0 Å². The molecule has 7 heteroatoms. The molecule has 0 spiro atoms. The minimum Gasteiger partial charge on any atom is -0.504 e. The molecular weight excluding hydrogens is 204 g/mol. The third-order valence-corrected chi connectivity index (χ3v) is 1.72. The van der Waals surface area contributed by atoms with Crippen LogP contribution in [-0.2, 0) is 0 Å². The van der Waals surface area contributed by atoms with Gasteiger partial charge in [-0.3, -0.25) is 10.1 Å². The molecule has 7 nitrogen and oxygen atoms in total. The number of rotatable bonds is 3. The summed E-state index contributed by atoms with van der Waals surface area (Å²) in [7, 11) is 1.26. The van der Waals surface area contributed by atoms with Crippen molar-refractivity contribution >= 4 is 11.9 Å². The molecule has 0 radical (unpaired) electrons. The van der Waals surface area contributed by atoms with Crippen LogP contribution in [-0.4, -0.2) is 28.6 Å². The molecule has 1 aromatic carbocycles. The molecule has 0 unspecified atom stereocenters. The molecule has 1 rings (SSSR count). The first-order chi connectivity index (χ1) is 7.10. The normalized spacial score (nSPS) is 10.5. The van der Waals surface area contributed by atoms with Crippen molar-refractivity contribution in [2.24, 2.45) is 5.16 Å². The highest BCUT2D eigenvalue weighted by Crippen LogP contribution is 2.33. The number of hydrogen-bond donors (Lipinski definition) is 2. The van der Waals surface area contributed by atoms with Gasteiger partial charge in [0.1, 0.15) is 0 Å². The lowest BCUT2D eigenvalue weighted by molar-refractivity contribution is -0.385. The fourth-order valence-electron chi connectivity index (χ4n) is 1.04. The van der Waals surface area contributed by atoms with Gasteiger partial charge in [-0.1, -0.05) is 5.16 Å². The average Bonchev–Trinajstić information content (AvgIpc) is 2.21. The van der Waals surface area contributed by atoms with Crippen LogP contribution in [0.5, 0.6) is 11.5 Å². The Balaban J connectivity index is 3.37. The zero-order valence-corrected chi connectivity index (χ0v) is 7.75. The van der Waals surface area contributed by atoms with Crippen LogP contribution in [0, 0.1) is 10.1 Å². The second kappa shape index (κ2) is 4.27. The Morgan fingerprint density at radius 2 is 2.27 bits per heavy atom. The van der Waals surface area contributed by atoms with Crippen molar-refractivity contribution in [2.45, 2.75) is 0 Å². The van der Waals surface area contributed by atoms with Gasteiger partial charge in [-0.25, -0.2) is 0 Å². The average molecular weight is 212 g/mol. The van der Waals surface area contributed by atoms with Crippen molar-refractivity contribution in [3.8, 4) is 11.5 Å². The van der Waals surface area contributed by atoms with E-state index in [1.54, 1.807) is 0 Å². The summed E-state index contributed by atoms with van der Waals surface area (Å²) in [5.41, 5.74) is -0.261. The number of nitro groups is 1. The van der Waals surface area contributed by atoms with Crippen molar-refractivity contribution in [3.05, 3.63) is 27.8 Å². The summed E-state index contributed by atoms with van der Waals surface area (Å²) in [6.45, 7) is 0. The highest BCUT2D eigenvalue weighted by molar-refractivity contribution is 5.85. The van der Waals surface area contributed by atoms with Crippen LogP contribution in [0.3, 0.4) is 0 Å². The molecule has 1 aromatic rings. The van der Waals surface area contributed by atoms with Gasteiger partial charge >= 0.3 is 0 Å². The molecule has 0 fully saturated rings. The van der Waals surface area contributed by atoms with Crippen LogP contribution >= 0.6 is 0 Å². The summed E-state index contributed by atoms with van der Waals surface area (Å²) in [6, 6.07) is 2.14. The molecule has 15 heavy (non-hydrogen) atoms. The minimum atomic E-state index is -0.642. The molecule has 0 heterocycles. The van der Waals surface area contributed by atoms with E-state index in [1.807, 2.05) is 0 Å². The van der Waals surface area contributed by atoms with E-state index >= 15 is 0 Å². The van der Waals surface area contributed by atoms with Crippen LogP contribution in [0.25, 0.3) is 0 Å². The molecule has 0 aliphatic rings. The monoisotopic (exact) mass is 212 g/mol. The summed E-state index contributed by atoms with van der Waals surface area (Å²) in [4.78, 5) is 9.86.